The smallest absolute Gasteiger partial charge is 0.221 e. The molecule has 0 aliphatic carbocycles. The molecule has 1 aliphatic heterocycles. The Labute approximate surface area is 151 Å². The molecule has 2 heterocycles. The summed E-state index contributed by atoms with van der Waals surface area (Å²) in [6.07, 6.45) is 0.434. The normalized spacial score (nSPS) is 15.0. The van der Waals surface area contributed by atoms with Gasteiger partial charge in [-0.1, -0.05) is 18.2 Å². The number of benzene rings is 2. The fourth-order valence-electron chi connectivity index (χ4n) is 3.23. The second-order valence-corrected chi connectivity index (χ2v) is 6.50. The number of aryl methyl sites for hydroxylation is 1. The summed E-state index contributed by atoms with van der Waals surface area (Å²) in [5.41, 5.74) is 2.54. The third-order valence-corrected chi connectivity index (χ3v) is 4.59. The number of fused-ring (bicyclic) bond motifs is 1. The number of aromatic hydroxyl groups is 1. The number of carbonyl (C=O) groups is 1. The first-order chi connectivity index (χ1) is 12.6. The molecule has 0 saturated carbocycles. The van der Waals surface area contributed by atoms with Crippen LogP contribution in [0.3, 0.4) is 0 Å². The first-order valence-electron chi connectivity index (χ1n) is 8.70. The third kappa shape index (κ3) is 3.06. The number of nitrogens with zero attached hydrogens (tertiary/aromatic N) is 3. The average Bonchev–Trinajstić information content (AvgIpc) is 2.85. The topological polar surface area (TPSA) is 78.4 Å². The van der Waals surface area contributed by atoms with E-state index in [0.29, 0.717) is 37.4 Å². The fourth-order valence-corrected chi connectivity index (χ4v) is 3.23. The molecule has 4 rings (SSSR count). The lowest BCUT2D eigenvalue weighted by Crippen LogP contribution is -2.29. The summed E-state index contributed by atoms with van der Waals surface area (Å²) in [5.74, 6) is 1.49. The highest BCUT2D eigenvalue weighted by atomic mass is 16.3. The van der Waals surface area contributed by atoms with E-state index in [4.69, 9.17) is 4.98 Å². The van der Waals surface area contributed by atoms with Crippen LogP contribution in [0.2, 0.25) is 0 Å². The number of hydrogen-bond acceptors (Lipinski definition) is 5. The van der Waals surface area contributed by atoms with Gasteiger partial charge in [0.1, 0.15) is 11.6 Å². The highest BCUT2D eigenvalue weighted by Crippen LogP contribution is 2.32. The first-order valence-corrected chi connectivity index (χ1v) is 8.70. The minimum Gasteiger partial charge on any atom is -0.507 e. The molecule has 0 bridgehead atoms. The molecule has 0 spiro atoms. The summed E-state index contributed by atoms with van der Waals surface area (Å²) >= 11 is 0. The predicted octanol–water partition coefficient (Wildman–Crippen LogP) is 2.64. The summed E-state index contributed by atoms with van der Waals surface area (Å²) in [4.78, 5) is 23.3. The van der Waals surface area contributed by atoms with Crippen molar-refractivity contribution >= 4 is 22.6 Å². The minimum atomic E-state index is 0.0580. The van der Waals surface area contributed by atoms with Gasteiger partial charge in [0.05, 0.1) is 11.1 Å². The number of aromatic nitrogens is 2. The maximum atomic E-state index is 11.7. The highest BCUT2D eigenvalue weighted by molar-refractivity contribution is 5.92. The molecule has 3 aromatic rings. The maximum Gasteiger partial charge on any atom is 0.221 e. The molecule has 0 atom stereocenters. The average molecular weight is 348 g/mol. The van der Waals surface area contributed by atoms with Gasteiger partial charge in [0.15, 0.2) is 5.82 Å². The summed E-state index contributed by atoms with van der Waals surface area (Å²) in [6.45, 7) is 3.90. The van der Waals surface area contributed by atoms with Crippen molar-refractivity contribution in [2.75, 3.05) is 24.5 Å². The van der Waals surface area contributed by atoms with Gasteiger partial charge in [0.25, 0.3) is 0 Å². The van der Waals surface area contributed by atoms with Crippen molar-refractivity contribution < 1.29 is 9.90 Å². The molecule has 1 fully saturated rings. The summed E-state index contributed by atoms with van der Waals surface area (Å²) in [7, 11) is 0. The van der Waals surface area contributed by atoms with Gasteiger partial charge in [0, 0.05) is 31.4 Å². The lowest BCUT2D eigenvalue weighted by Gasteiger charge is -2.23. The van der Waals surface area contributed by atoms with Crippen molar-refractivity contribution in [3.63, 3.8) is 0 Å². The Balaban J connectivity index is 1.90. The van der Waals surface area contributed by atoms with Crippen molar-refractivity contribution in [1.29, 1.82) is 0 Å². The number of amides is 1. The van der Waals surface area contributed by atoms with Crippen molar-refractivity contribution in [2.24, 2.45) is 0 Å². The molecular formula is C20H20N4O2. The number of phenolic OH excluding ortho intramolecular Hbond substituents is 1. The van der Waals surface area contributed by atoms with Gasteiger partial charge in [-0.3, -0.25) is 4.79 Å². The van der Waals surface area contributed by atoms with Gasteiger partial charge in [-0.15, -0.1) is 0 Å². The van der Waals surface area contributed by atoms with Crippen molar-refractivity contribution in [3.8, 4) is 17.1 Å². The van der Waals surface area contributed by atoms with Crippen LogP contribution in [-0.4, -0.2) is 40.6 Å². The molecule has 0 radical (unpaired) electrons. The van der Waals surface area contributed by atoms with Crippen molar-refractivity contribution in [2.45, 2.75) is 13.3 Å². The maximum absolute atomic E-state index is 11.7. The highest BCUT2D eigenvalue weighted by Gasteiger charge is 2.20. The second-order valence-electron chi connectivity index (χ2n) is 6.50. The van der Waals surface area contributed by atoms with E-state index >= 15 is 0 Å². The van der Waals surface area contributed by atoms with Gasteiger partial charge in [0.2, 0.25) is 5.91 Å². The third-order valence-electron chi connectivity index (χ3n) is 4.59. The molecular weight excluding hydrogens is 328 g/mol. The van der Waals surface area contributed by atoms with Crippen LogP contribution in [0.15, 0.2) is 42.5 Å². The lowest BCUT2D eigenvalue weighted by atomic mass is 10.1. The molecule has 1 amide bonds. The predicted molar refractivity (Wildman–Crippen MR) is 101 cm³/mol. The number of anilines is 1. The molecule has 6 nitrogen and oxygen atoms in total. The van der Waals surface area contributed by atoms with E-state index in [2.05, 4.69) is 15.2 Å². The Morgan fingerprint density at radius 1 is 1.12 bits per heavy atom. The Morgan fingerprint density at radius 2 is 1.96 bits per heavy atom. The quantitative estimate of drug-likeness (QED) is 0.744. The van der Waals surface area contributed by atoms with Crippen LogP contribution < -0.4 is 10.2 Å². The standard InChI is InChI=1S/C20H20N4O2/c1-13-6-7-14-16(12-13)22-19(15-4-2-3-5-17(15)25)23-20(14)24-10-8-18(26)21-9-11-24/h2-7,12,25H,8-11H2,1H3,(H,21,26). The first kappa shape index (κ1) is 16.3. The van der Waals surface area contributed by atoms with E-state index in [-0.39, 0.29) is 11.7 Å². The monoisotopic (exact) mass is 348 g/mol. The zero-order valence-corrected chi connectivity index (χ0v) is 14.6. The Hall–Kier alpha value is -3.15. The van der Waals surface area contributed by atoms with E-state index in [0.717, 1.165) is 22.3 Å². The largest absolute Gasteiger partial charge is 0.507 e. The molecule has 1 aromatic heterocycles. The Morgan fingerprint density at radius 3 is 2.81 bits per heavy atom. The van der Waals surface area contributed by atoms with Crippen LogP contribution >= 0.6 is 0 Å². The van der Waals surface area contributed by atoms with Gasteiger partial charge in [-0.2, -0.15) is 0 Å². The Bertz CT molecular complexity index is 987. The summed E-state index contributed by atoms with van der Waals surface area (Å²) < 4.78 is 0. The van der Waals surface area contributed by atoms with Crippen LogP contribution in [0.4, 0.5) is 5.82 Å². The lowest BCUT2D eigenvalue weighted by molar-refractivity contribution is -0.120. The summed E-state index contributed by atoms with van der Waals surface area (Å²) in [6, 6.07) is 13.1. The fraction of sp³-hybridized carbons (Fsp3) is 0.250. The van der Waals surface area contributed by atoms with Crippen LogP contribution in [-0.2, 0) is 4.79 Å². The summed E-state index contributed by atoms with van der Waals surface area (Å²) in [5, 5.41) is 14.1. The van der Waals surface area contributed by atoms with Crippen molar-refractivity contribution in [3.05, 3.63) is 48.0 Å². The molecule has 1 saturated heterocycles. The van der Waals surface area contributed by atoms with Crippen LogP contribution in [0.25, 0.3) is 22.3 Å². The van der Waals surface area contributed by atoms with Crippen LogP contribution in [0.5, 0.6) is 5.75 Å². The number of nitrogens with one attached hydrogen (secondary N) is 1. The van der Waals surface area contributed by atoms with E-state index in [1.807, 2.05) is 37.3 Å². The van der Waals surface area contributed by atoms with E-state index in [1.165, 1.54) is 0 Å². The van der Waals surface area contributed by atoms with E-state index < -0.39 is 0 Å². The van der Waals surface area contributed by atoms with Gasteiger partial charge in [-0.25, -0.2) is 9.97 Å². The zero-order chi connectivity index (χ0) is 18.1. The van der Waals surface area contributed by atoms with Crippen molar-refractivity contribution in [1.82, 2.24) is 15.3 Å². The molecule has 6 heteroatoms. The van der Waals surface area contributed by atoms with Gasteiger partial charge < -0.3 is 15.3 Å². The SMILES string of the molecule is Cc1ccc2c(N3CCNC(=O)CC3)nc(-c3ccccc3O)nc2c1. The zero-order valence-electron chi connectivity index (χ0n) is 14.6. The molecule has 1 aliphatic rings. The molecule has 132 valence electrons. The molecule has 2 aromatic carbocycles. The Kier molecular flexibility index (Phi) is 4.16. The minimum absolute atomic E-state index is 0.0580. The van der Waals surface area contributed by atoms with E-state index in [9.17, 15) is 9.90 Å². The van der Waals surface area contributed by atoms with E-state index in [1.54, 1.807) is 12.1 Å². The molecule has 2 N–H and O–H groups in total. The van der Waals surface area contributed by atoms with Gasteiger partial charge >= 0.3 is 0 Å². The van der Waals surface area contributed by atoms with Gasteiger partial charge in [-0.05, 0) is 36.8 Å². The number of carbonyl (C=O) groups excluding carboxylic acids is 1. The molecule has 26 heavy (non-hydrogen) atoms. The number of hydrogen-bond donors (Lipinski definition) is 2. The number of phenols is 1. The van der Waals surface area contributed by atoms with Crippen LogP contribution in [0.1, 0.15) is 12.0 Å². The molecule has 0 unspecified atom stereocenters. The second kappa shape index (κ2) is 6.63. The number of para-hydroxylation sites is 1. The van der Waals surface area contributed by atoms with Crippen LogP contribution in [0, 0.1) is 6.92 Å². The number of rotatable bonds is 2.